The number of esters is 2. The van der Waals surface area contributed by atoms with Crippen LogP contribution in [0.5, 0.6) is 23.0 Å². The third-order valence-electron chi connectivity index (χ3n) is 23.8. The summed E-state index contributed by atoms with van der Waals surface area (Å²) >= 11 is 14.1. The molecule has 712 valence electrons. The van der Waals surface area contributed by atoms with Gasteiger partial charge in [-0.15, -0.1) is 104 Å². The van der Waals surface area contributed by atoms with Gasteiger partial charge in [-0.1, -0.05) is 196 Å². The number of amides is 2. The highest BCUT2D eigenvalue weighted by atomic mass is 32.2. The normalized spacial score (nSPS) is 16.2. The van der Waals surface area contributed by atoms with Gasteiger partial charge < -0.3 is 64.4 Å². The van der Waals surface area contributed by atoms with Crippen molar-refractivity contribution in [3.63, 3.8) is 0 Å². The first kappa shape index (κ1) is 100. The van der Waals surface area contributed by atoms with E-state index in [2.05, 4.69) is 96.0 Å². The van der Waals surface area contributed by atoms with Crippen molar-refractivity contribution in [2.24, 2.45) is 20.6 Å². The fraction of sp³-hybridized carbons (Fsp3) is 0.264. The summed E-state index contributed by atoms with van der Waals surface area (Å²) < 4.78 is 41.3. The van der Waals surface area contributed by atoms with E-state index in [0.29, 0.717) is 113 Å². The fourth-order valence-electron chi connectivity index (χ4n) is 17.1. The number of aryl methyl sites for hydroxylation is 2. The number of methoxy groups -OCH3 is 4. The largest absolute Gasteiger partial charge is 0.497 e. The number of nitrogens with one attached hydrogen (secondary N) is 2. The number of rotatable bonds is 30. The quantitative estimate of drug-likeness (QED) is 0.0105. The zero-order chi connectivity index (χ0) is 96.6. The Labute approximate surface area is 838 Å². The number of fused-ring (bicyclic) bond motifs is 4. The molecular formula is C106H104N8O15S9. The van der Waals surface area contributed by atoms with E-state index >= 15 is 0 Å². The minimum Gasteiger partial charge on any atom is -0.497 e. The number of nitrogens with zero attached hydrogens (tertiary/aromatic N) is 6. The first-order chi connectivity index (χ1) is 67.4. The number of ether oxygens (including phenoxy) is 6. The molecule has 138 heavy (non-hydrogen) atoms. The second-order valence-electron chi connectivity index (χ2n) is 32.6. The molecule has 0 aliphatic heterocycles. The lowest BCUT2D eigenvalue weighted by molar-refractivity contribution is 0.0521. The molecule has 18 rings (SSSR count). The Morgan fingerprint density at radius 3 is 1.19 bits per heavy atom. The number of aromatic nitrogens is 2. The van der Waals surface area contributed by atoms with Crippen LogP contribution >= 0.6 is 104 Å². The molecule has 4 atom stereocenters. The number of hydrogen-bond donors (Lipinski definition) is 6. The van der Waals surface area contributed by atoms with Gasteiger partial charge in [-0.05, 0) is 193 Å². The number of carbonyl (C=O) groups excluding carboxylic acids is 4. The summed E-state index contributed by atoms with van der Waals surface area (Å²) in [5.41, 5.74) is 19.8. The van der Waals surface area contributed by atoms with Crippen molar-refractivity contribution in [3.8, 4) is 23.0 Å². The Balaban J connectivity index is 0.000000140. The van der Waals surface area contributed by atoms with Crippen molar-refractivity contribution in [3.05, 3.63) is 361 Å². The lowest BCUT2D eigenvalue weighted by Gasteiger charge is -2.25. The summed E-state index contributed by atoms with van der Waals surface area (Å²) in [6.07, 6.45) is 7.03. The van der Waals surface area contributed by atoms with Crippen molar-refractivity contribution in [1.29, 1.82) is 0 Å². The molecular weight excluding hydrogens is 1910 g/mol. The monoisotopic (exact) mass is 2020 g/mol. The average molecular weight is 2020 g/mol. The van der Waals surface area contributed by atoms with Crippen molar-refractivity contribution < 1.29 is 73.0 Å². The van der Waals surface area contributed by atoms with E-state index in [0.717, 1.165) is 152 Å². The zero-order valence-corrected chi connectivity index (χ0v) is 84.5. The van der Waals surface area contributed by atoms with Gasteiger partial charge in [0.15, 0.2) is 5.76 Å². The van der Waals surface area contributed by atoms with Crippen LogP contribution in [0.1, 0.15) is 219 Å². The third-order valence-corrected chi connectivity index (χ3v) is 34.9. The summed E-state index contributed by atoms with van der Waals surface area (Å²) in [5.74, 6) is 6.18. The molecule has 0 saturated heterocycles. The van der Waals surface area contributed by atoms with Crippen LogP contribution in [-0.2, 0) is 64.8 Å². The van der Waals surface area contributed by atoms with E-state index in [1.54, 1.807) is 86.8 Å². The molecule has 0 spiro atoms. The molecule has 6 aromatic heterocycles. The number of thioether (sulfide) groups is 4. The van der Waals surface area contributed by atoms with E-state index in [1.165, 1.54) is 67.6 Å². The molecule has 14 aromatic rings. The van der Waals surface area contributed by atoms with Gasteiger partial charge in [0.1, 0.15) is 32.8 Å². The molecule has 0 saturated carbocycles. The van der Waals surface area contributed by atoms with E-state index in [1.807, 2.05) is 204 Å². The van der Waals surface area contributed by atoms with E-state index in [4.69, 9.17) is 32.9 Å². The molecule has 0 radical (unpaired) electrons. The first-order valence-electron chi connectivity index (χ1n) is 44.9. The Morgan fingerprint density at radius 1 is 0.413 bits per heavy atom. The van der Waals surface area contributed by atoms with E-state index in [9.17, 15) is 40.0 Å². The fourth-order valence-corrected chi connectivity index (χ4v) is 27.9. The first-order valence-corrected chi connectivity index (χ1v) is 52.9. The van der Waals surface area contributed by atoms with Gasteiger partial charge in [-0.25, -0.2) is 14.6 Å². The molecule has 4 aliphatic rings. The maximum atomic E-state index is 13.5. The molecule has 8 aromatic carbocycles. The van der Waals surface area contributed by atoms with Crippen LogP contribution in [0.2, 0.25) is 0 Å². The number of thiazole rings is 1. The molecule has 6 N–H and O–H groups in total. The Kier molecular flexibility index (Phi) is 35.5. The van der Waals surface area contributed by atoms with Crippen molar-refractivity contribution in [2.75, 3.05) is 41.7 Å². The van der Waals surface area contributed by atoms with E-state index < -0.39 is 0 Å². The van der Waals surface area contributed by atoms with Crippen molar-refractivity contribution in [1.82, 2.24) is 20.8 Å². The van der Waals surface area contributed by atoms with Crippen LogP contribution in [0.4, 0.5) is 0 Å². The Morgan fingerprint density at radius 2 is 0.797 bits per heavy atom. The van der Waals surface area contributed by atoms with Crippen LogP contribution in [0, 0.1) is 13.8 Å². The number of carbonyl (C=O) groups is 4. The van der Waals surface area contributed by atoms with Gasteiger partial charge in [0.05, 0.1) is 115 Å². The highest BCUT2D eigenvalue weighted by molar-refractivity contribution is 8.01. The highest BCUT2D eigenvalue weighted by Crippen LogP contribution is 2.52. The predicted octanol–water partition coefficient (Wildman–Crippen LogP) is 25.3. The summed E-state index contributed by atoms with van der Waals surface area (Å²) in [6.45, 7) is 8.73. The topological polar surface area (TPSA) is 317 Å². The van der Waals surface area contributed by atoms with Gasteiger partial charge >= 0.3 is 11.9 Å². The molecule has 2 amide bonds. The summed E-state index contributed by atoms with van der Waals surface area (Å²) in [6, 6.07) is 74.4. The van der Waals surface area contributed by atoms with Crippen LogP contribution in [0.15, 0.2) is 273 Å². The smallest absolute Gasteiger partial charge is 0.348 e. The third kappa shape index (κ3) is 24.7. The van der Waals surface area contributed by atoms with Gasteiger partial charge in [-0.2, -0.15) is 0 Å². The number of thiophene rings is 4. The average Bonchev–Trinajstić information content (AvgIpc) is 1.65. The predicted molar refractivity (Wildman–Crippen MR) is 553 cm³/mol. The van der Waals surface area contributed by atoms with Gasteiger partial charge in [0.2, 0.25) is 0 Å². The zero-order valence-electron chi connectivity index (χ0n) is 77.2. The lowest BCUT2D eigenvalue weighted by Crippen LogP contribution is -2.25. The SMILES string of the molecule is CCOC(=O)c1sc(SCc2ccccc2)c2c1C(c1ccc(OC)cc1)CC/C2=N\O.CCOC(=O)c1sc(SCc2ccccc2)c2c1CC(c1cccc(OC)c1)C/C2=N\O.COc1ccc(C2C/C(=N\O)c3c(SCc4ccccc4)sc(C(=O)NCc4cc(C)no4)c3C2)cc1.COc1ccc(C2C/C(=N\O)c3c(SCc4ccccc4)sc(C(=O)NCc4cnc(C)s4)c3C2)cc1. The van der Waals surface area contributed by atoms with Crippen LogP contribution < -0.4 is 29.6 Å². The second kappa shape index (κ2) is 48.9. The van der Waals surface area contributed by atoms with Crippen molar-refractivity contribution >= 4 is 150 Å². The molecule has 32 heteroatoms. The minimum atomic E-state index is -0.321. The number of oxime groups is 4. The molecule has 0 bridgehead atoms. The van der Waals surface area contributed by atoms with Gasteiger partial charge in [-0.3, -0.25) is 9.59 Å². The molecule has 6 heterocycles. The molecule has 23 nitrogen and oxygen atoms in total. The summed E-state index contributed by atoms with van der Waals surface area (Å²) in [5, 5.41) is 65.4. The standard InChI is InChI=1S/C28H27N3O4S2.C28H27N3O3S3.2C25H25NO4S2/c1-17-12-22(35-31-17)15-29-27(32)26-23-13-20(19-8-10-21(34-2)11-9-19)14-24(30-33)25(23)28(37-26)36-16-18-6-4-3-5-7-18;1-17-29-14-22(36-17)15-30-27(32)26-23-12-20(19-8-10-21(34-2)11-9-19)13-24(31-33)25(23)28(37-26)35-16-18-6-4-3-5-7-18;1-3-30-24(27)23-20-13-18(17-10-7-11-19(12-17)29-2)14-21(26-28)22(20)25(32-23)31-15-16-8-5-4-6-9-16;1-3-30-24(27)23-21-19(17-9-11-18(29-2)12-10-17)13-14-20(26-28)22(21)25(32-23)31-15-16-7-5-4-6-8-16/h3-12,20,33H,13-16H2,1-2H3,(H,29,32);3-11,14,20,33H,12-13,15-16H2,1-2H3,(H,30,32);4-12,18,28H,3,13-15H2,1-2H3;4-12,19,28H,3,13-15H2,1-2H3/b30-24+;31-24+;26-21+;26-20+. The number of hydrogen-bond acceptors (Lipinski definition) is 30. The maximum absolute atomic E-state index is 13.5. The summed E-state index contributed by atoms with van der Waals surface area (Å²) in [4.78, 5) is 60.4. The molecule has 0 fully saturated rings. The van der Waals surface area contributed by atoms with Gasteiger partial charge in [0.25, 0.3) is 11.8 Å². The maximum Gasteiger partial charge on any atom is 0.348 e. The van der Waals surface area contributed by atoms with Crippen LogP contribution in [-0.4, -0.2) is 119 Å². The van der Waals surface area contributed by atoms with Gasteiger partial charge in [0, 0.05) is 87.6 Å². The number of benzene rings is 8. The second-order valence-corrected chi connectivity index (χ2v) is 43.0. The van der Waals surface area contributed by atoms with Crippen LogP contribution in [0.25, 0.3) is 0 Å². The van der Waals surface area contributed by atoms with E-state index in [-0.39, 0.29) is 54.0 Å². The summed E-state index contributed by atoms with van der Waals surface area (Å²) in [7, 11) is 6.58. The Bertz CT molecular complexity index is 6420. The molecule has 4 unspecified atom stereocenters. The minimum absolute atomic E-state index is 0.0168. The highest BCUT2D eigenvalue weighted by Gasteiger charge is 2.40. The van der Waals surface area contributed by atoms with Crippen molar-refractivity contribution in [2.45, 2.75) is 156 Å². The van der Waals surface area contributed by atoms with Crippen LogP contribution in [0.3, 0.4) is 0 Å². The molecule has 4 aliphatic carbocycles. The Hall–Kier alpha value is -12.2. The lowest BCUT2D eigenvalue weighted by atomic mass is 9.79.